The van der Waals surface area contributed by atoms with E-state index in [0.29, 0.717) is 5.92 Å². The summed E-state index contributed by atoms with van der Waals surface area (Å²) in [5, 5.41) is 0. The lowest BCUT2D eigenvalue weighted by Gasteiger charge is -2.36. The summed E-state index contributed by atoms with van der Waals surface area (Å²) < 4.78 is 0. The van der Waals surface area contributed by atoms with Crippen LogP contribution in [-0.2, 0) is 0 Å². The molecule has 0 heterocycles. The highest BCUT2D eigenvalue weighted by Crippen LogP contribution is 2.40. The van der Waals surface area contributed by atoms with Crippen molar-refractivity contribution >= 4 is 0 Å². The van der Waals surface area contributed by atoms with E-state index in [1.165, 1.54) is 95.5 Å². The molecule has 0 rings (SSSR count). The molecule has 0 N–H and O–H groups in total. The van der Waals surface area contributed by atoms with Crippen LogP contribution in [-0.4, -0.2) is 0 Å². The molecule has 0 aliphatic rings. The van der Waals surface area contributed by atoms with Gasteiger partial charge in [0, 0.05) is 0 Å². The van der Waals surface area contributed by atoms with Crippen molar-refractivity contribution in [2.75, 3.05) is 0 Å². The van der Waals surface area contributed by atoms with E-state index in [4.69, 9.17) is 0 Å². The molecule has 0 fully saturated rings. The zero-order valence-electron chi connectivity index (χ0n) is 28.9. The maximum absolute atomic E-state index is 4.50. The number of unbranched alkanes of at least 4 members (excludes halogenated alkanes) is 2. The average molecular weight is 533 g/mol. The topological polar surface area (TPSA) is 0 Å². The fourth-order valence-corrected chi connectivity index (χ4v) is 7.12. The minimum absolute atomic E-state index is 0.686. The highest BCUT2D eigenvalue weighted by molar-refractivity contribution is 5.00. The summed E-state index contributed by atoms with van der Waals surface area (Å²) in [5.74, 6) is 8.21. The summed E-state index contributed by atoms with van der Waals surface area (Å²) in [4.78, 5) is 0. The Kier molecular flexibility index (Phi) is 21.3. The zero-order chi connectivity index (χ0) is 29.3. The first-order valence-electron chi connectivity index (χ1n) is 17.5. The fraction of sp³-hybridized carbons (Fsp3) is 0.947. The third kappa shape index (κ3) is 15.5. The molecule has 0 aromatic rings. The van der Waals surface area contributed by atoms with Crippen molar-refractivity contribution in [3.05, 3.63) is 12.2 Å². The highest BCUT2D eigenvalue weighted by Gasteiger charge is 2.30. The first-order valence-corrected chi connectivity index (χ1v) is 17.5. The Morgan fingerprint density at radius 1 is 0.553 bits per heavy atom. The van der Waals surface area contributed by atoms with Crippen LogP contribution in [0.3, 0.4) is 0 Å². The van der Waals surface area contributed by atoms with E-state index < -0.39 is 0 Å². The second kappa shape index (κ2) is 21.5. The number of hydrogen-bond donors (Lipinski definition) is 0. The number of allylic oxidation sites excluding steroid dienone is 1. The predicted octanol–water partition coefficient (Wildman–Crippen LogP) is 13.4. The van der Waals surface area contributed by atoms with Crippen LogP contribution in [0.4, 0.5) is 0 Å². The molecule has 0 aromatic heterocycles. The maximum Gasteiger partial charge on any atom is -0.0178 e. The summed E-state index contributed by atoms with van der Waals surface area (Å²) in [6.07, 6.45) is 19.6. The highest BCUT2D eigenvalue weighted by atomic mass is 14.3. The molecule has 228 valence electrons. The lowest BCUT2D eigenvalue weighted by molar-refractivity contribution is 0.170. The van der Waals surface area contributed by atoms with Crippen LogP contribution < -0.4 is 0 Å². The quantitative estimate of drug-likeness (QED) is 0.0856. The third-order valence-corrected chi connectivity index (χ3v) is 10.9. The van der Waals surface area contributed by atoms with Gasteiger partial charge in [0.05, 0.1) is 0 Å². The molecule has 38 heavy (non-hydrogen) atoms. The van der Waals surface area contributed by atoms with Crippen molar-refractivity contribution < 1.29 is 0 Å². The van der Waals surface area contributed by atoms with E-state index in [2.05, 4.69) is 89.7 Å². The Balaban J connectivity index is 5.07. The van der Waals surface area contributed by atoms with E-state index in [-0.39, 0.29) is 0 Å². The monoisotopic (exact) mass is 533 g/mol. The Bertz CT molecular complexity index is 556. The molecular formula is C38H76. The van der Waals surface area contributed by atoms with Crippen molar-refractivity contribution in [3.63, 3.8) is 0 Å². The van der Waals surface area contributed by atoms with Gasteiger partial charge in [-0.15, -0.1) is 0 Å². The van der Waals surface area contributed by atoms with Gasteiger partial charge < -0.3 is 0 Å². The molecule has 0 heteroatoms. The van der Waals surface area contributed by atoms with Crippen molar-refractivity contribution in [2.45, 2.75) is 173 Å². The van der Waals surface area contributed by atoms with E-state index in [0.717, 1.165) is 53.3 Å². The molecule has 0 saturated carbocycles. The molecule has 0 nitrogen and oxygen atoms in total. The van der Waals surface area contributed by atoms with Crippen LogP contribution in [0, 0.1) is 59.2 Å². The van der Waals surface area contributed by atoms with Gasteiger partial charge >= 0.3 is 0 Å². The van der Waals surface area contributed by atoms with Crippen LogP contribution in [0.5, 0.6) is 0 Å². The maximum atomic E-state index is 4.50. The van der Waals surface area contributed by atoms with Gasteiger partial charge in [-0.05, 0) is 91.8 Å². The standard InChI is InChI=1S/C38H76/c1-14-17-18-21-32(11)33(12)26-35(16-3)22-19-23-36(20-15-2)34(13)27-38(30(8)9)37(29(6)7)25-24-31(10)28(4)5/h28,30-38H,6,14-27H2,1-5,7-13H3. The van der Waals surface area contributed by atoms with Crippen molar-refractivity contribution in [2.24, 2.45) is 59.2 Å². The van der Waals surface area contributed by atoms with Crippen LogP contribution in [0.25, 0.3) is 0 Å². The Labute approximate surface area is 244 Å². The van der Waals surface area contributed by atoms with Gasteiger partial charge in [0.2, 0.25) is 0 Å². The van der Waals surface area contributed by atoms with Gasteiger partial charge in [-0.2, -0.15) is 0 Å². The second-order valence-electron chi connectivity index (χ2n) is 14.8. The van der Waals surface area contributed by atoms with Crippen LogP contribution >= 0.6 is 0 Å². The normalized spacial score (nSPS) is 18.7. The minimum Gasteiger partial charge on any atom is -0.0999 e. The summed E-state index contributed by atoms with van der Waals surface area (Å²) in [6, 6.07) is 0. The van der Waals surface area contributed by atoms with Crippen LogP contribution in [0.15, 0.2) is 12.2 Å². The molecule has 0 saturated heterocycles. The van der Waals surface area contributed by atoms with Crippen LogP contribution in [0.1, 0.15) is 173 Å². The summed E-state index contributed by atoms with van der Waals surface area (Å²) in [6.45, 7) is 33.8. The summed E-state index contributed by atoms with van der Waals surface area (Å²) in [7, 11) is 0. The van der Waals surface area contributed by atoms with E-state index in [1.54, 1.807) is 0 Å². The molecular weight excluding hydrogens is 456 g/mol. The molecule has 0 aromatic carbocycles. The molecule has 0 radical (unpaired) electrons. The average Bonchev–Trinajstić information content (AvgIpc) is 2.85. The van der Waals surface area contributed by atoms with Gasteiger partial charge in [-0.1, -0.05) is 153 Å². The smallest absolute Gasteiger partial charge is 0.0178 e. The zero-order valence-corrected chi connectivity index (χ0v) is 28.9. The van der Waals surface area contributed by atoms with Crippen molar-refractivity contribution in [1.82, 2.24) is 0 Å². The van der Waals surface area contributed by atoms with Gasteiger partial charge in [0.1, 0.15) is 0 Å². The molecule has 0 spiro atoms. The summed E-state index contributed by atoms with van der Waals surface area (Å²) >= 11 is 0. The summed E-state index contributed by atoms with van der Waals surface area (Å²) in [5.41, 5.74) is 1.43. The van der Waals surface area contributed by atoms with Gasteiger partial charge in [0.25, 0.3) is 0 Å². The number of rotatable bonds is 24. The minimum atomic E-state index is 0.686. The van der Waals surface area contributed by atoms with E-state index in [9.17, 15) is 0 Å². The Hall–Kier alpha value is -0.260. The van der Waals surface area contributed by atoms with Gasteiger partial charge in [-0.3, -0.25) is 0 Å². The number of hydrogen-bond acceptors (Lipinski definition) is 0. The second-order valence-corrected chi connectivity index (χ2v) is 14.8. The third-order valence-electron chi connectivity index (χ3n) is 10.9. The van der Waals surface area contributed by atoms with Crippen LogP contribution in [0.2, 0.25) is 0 Å². The van der Waals surface area contributed by atoms with Gasteiger partial charge in [-0.25, -0.2) is 0 Å². The molecule has 0 aliphatic carbocycles. The molecule has 8 atom stereocenters. The molecule has 0 bridgehead atoms. The van der Waals surface area contributed by atoms with E-state index >= 15 is 0 Å². The fourth-order valence-electron chi connectivity index (χ4n) is 7.12. The molecule has 0 amide bonds. The molecule has 8 unspecified atom stereocenters. The first-order chi connectivity index (χ1) is 17.9. The van der Waals surface area contributed by atoms with E-state index in [1.807, 2.05) is 0 Å². The van der Waals surface area contributed by atoms with Gasteiger partial charge in [0.15, 0.2) is 0 Å². The lowest BCUT2D eigenvalue weighted by Crippen LogP contribution is -2.27. The predicted molar refractivity (Wildman–Crippen MR) is 177 cm³/mol. The largest absolute Gasteiger partial charge is 0.0999 e. The molecule has 0 aliphatic heterocycles. The van der Waals surface area contributed by atoms with Crippen molar-refractivity contribution in [1.29, 1.82) is 0 Å². The Morgan fingerprint density at radius 2 is 1.21 bits per heavy atom. The lowest BCUT2D eigenvalue weighted by atomic mass is 9.69. The SMILES string of the molecule is C=C(C)C(CCC(C)C(C)C)C(CC(C)C(CCC)CCCC(CC)CC(C)C(C)CCCCC)C(C)C. The van der Waals surface area contributed by atoms with Crippen molar-refractivity contribution in [3.8, 4) is 0 Å². The first kappa shape index (κ1) is 37.7. The Morgan fingerprint density at radius 3 is 1.71 bits per heavy atom.